The van der Waals surface area contributed by atoms with Crippen LogP contribution in [0.3, 0.4) is 0 Å². The van der Waals surface area contributed by atoms with E-state index in [-0.39, 0.29) is 16.9 Å². The van der Waals surface area contributed by atoms with Crippen molar-refractivity contribution in [2.75, 3.05) is 0 Å². The Bertz CT molecular complexity index is 2000. The highest BCUT2D eigenvalue weighted by Crippen LogP contribution is 2.34. The number of hydrogen-bond acceptors (Lipinski definition) is 6. The van der Waals surface area contributed by atoms with Crippen LogP contribution in [0.15, 0.2) is 91.6 Å². The third-order valence-corrected chi connectivity index (χ3v) is 6.89. The second kappa shape index (κ2) is 10.3. The minimum absolute atomic E-state index is 0.169. The van der Waals surface area contributed by atoms with Gasteiger partial charge in [0.1, 0.15) is 17.2 Å². The Morgan fingerprint density at radius 3 is 2.39 bits per heavy atom. The minimum Gasteiger partial charge on any atom is -0.335 e. The van der Waals surface area contributed by atoms with Crippen LogP contribution in [0.4, 0.5) is 8.78 Å². The van der Waals surface area contributed by atoms with Gasteiger partial charge in [-0.2, -0.15) is 5.10 Å². The van der Waals surface area contributed by atoms with Crippen molar-refractivity contribution in [2.24, 2.45) is 0 Å². The Kier molecular flexibility index (Phi) is 6.21. The van der Waals surface area contributed by atoms with Crippen molar-refractivity contribution in [1.82, 2.24) is 40.4 Å². The van der Waals surface area contributed by atoms with Crippen LogP contribution in [-0.2, 0) is 13.1 Å². The lowest BCUT2D eigenvalue weighted by Gasteiger charge is -2.08. The summed E-state index contributed by atoms with van der Waals surface area (Å²) in [6, 6.07) is 18.1. The largest absolute Gasteiger partial charge is 0.335 e. The number of nitrogens with zero attached hydrogens (tertiary/aromatic N) is 5. The monoisotopic (exact) mass is 544 g/mol. The molecule has 5 aromatic heterocycles. The van der Waals surface area contributed by atoms with Gasteiger partial charge in [0.2, 0.25) is 0 Å². The highest BCUT2D eigenvalue weighted by Gasteiger charge is 2.21. The molecule has 0 aliphatic rings. The van der Waals surface area contributed by atoms with E-state index in [1.165, 1.54) is 17.7 Å². The molecule has 8 nitrogen and oxygen atoms in total. The zero-order chi connectivity index (χ0) is 27.8. The molecule has 200 valence electrons. The molecule has 0 bridgehead atoms. The molecule has 2 aromatic carbocycles. The highest BCUT2D eigenvalue weighted by atomic mass is 19.1. The van der Waals surface area contributed by atoms with E-state index < -0.39 is 5.82 Å². The predicted molar refractivity (Wildman–Crippen MR) is 152 cm³/mol. The summed E-state index contributed by atoms with van der Waals surface area (Å²) in [6.45, 7) is 1.28. The summed E-state index contributed by atoms with van der Waals surface area (Å²) in [7, 11) is 0. The number of rotatable bonds is 7. The van der Waals surface area contributed by atoms with Crippen LogP contribution in [0.1, 0.15) is 11.1 Å². The molecule has 0 saturated heterocycles. The van der Waals surface area contributed by atoms with Gasteiger partial charge in [0.15, 0.2) is 11.6 Å². The molecule has 0 aliphatic heterocycles. The van der Waals surface area contributed by atoms with Crippen molar-refractivity contribution < 1.29 is 8.78 Å². The Morgan fingerprint density at radius 1 is 0.732 bits per heavy atom. The molecule has 7 rings (SSSR count). The zero-order valence-electron chi connectivity index (χ0n) is 21.6. The molecule has 41 heavy (non-hydrogen) atoms. The van der Waals surface area contributed by atoms with Crippen molar-refractivity contribution in [1.29, 1.82) is 0 Å². The van der Waals surface area contributed by atoms with Gasteiger partial charge in [0.05, 0.1) is 34.3 Å². The van der Waals surface area contributed by atoms with Crippen molar-refractivity contribution in [3.8, 4) is 33.9 Å². The molecular formula is C31H22F2N8. The predicted octanol–water partition coefficient (Wildman–Crippen LogP) is 6.19. The minimum atomic E-state index is -0.528. The lowest BCUT2D eigenvalue weighted by molar-refractivity contribution is 0.628. The fraction of sp³-hybridized carbons (Fsp3) is 0.0645. The summed E-state index contributed by atoms with van der Waals surface area (Å²) in [4.78, 5) is 21.0. The lowest BCUT2D eigenvalue weighted by atomic mass is 10.1. The maximum atomic E-state index is 16.1. The number of halogens is 2. The number of imidazole rings is 1. The van der Waals surface area contributed by atoms with E-state index in [4.69, 9.17) is 4.98 Å². The first-order valence-corrected chi connectivity index (χ1v) is 13.0. The summed E-state index contributed by atoms with van der Waals surface area (Å²) in [5.41, 5.74) is 6.31. The molecule has 3 N–H and O–H groups in total. The molecule has 0 aliphatic carbocycles. The first kappa shape index (κ1) is 24.7. The van der Waals surface area contributed by atoms with E-state index in [9.17, 15) is 4.39 Å². The van der Waals surface area contributed by atoms with E-state index in [1.54, 1.807) is 43.1 Å². The quantitative estimate of drug-likeness (QED) is 0.221. The summed E-state index contributed by atoms with van der Waals surface area (Å²) in [5, 5.41) is 10.9. The fourth-order valence-electron chi connectivity index (χ4n) is 4.89. The first-order chi connectivity index (χ1) is 20.1. The van der Waals surface area contributed by atoms with Gasteiger partial charge >= 0.3 is 0 Å². The van der Waals surface area contributed by atoms with E-state index in [1.807, 2.05) is 24.3 Å². The number of hydrogen-bond donors (Lipinski definition) is 3. The SMILES string of the molecule is Fc1ccc(-c2cncc3[nH]c(-c4n[nH]c5cnc(-c6cncc(CNCc7ccccc7)c6)c(F)c45)nc23)cc1. The van der Waals surface area contributed by atoms with Crippen LogP contribution >= 0.6 is 0 Å². The average Bonchev–Trinajstić information content (AvgIpc) is 3.63. The van der Waals surface area contributed by atoms with Crippen LogP contribution in [0, 0.1) is 11.6 Å². The molecule has 0 spiro atoms. The molecule has 0 amide bonds. The van der Waals surface area contributed by atoms with Gasteiger partial charge in [-0.05, 0) is 34.9 Å². The summed E-state index contributed by atoms with van der Waals surface area (Å²) < 4.78 is 29.6. The number of H-pyrrole nitrogens is 2. The topological polar surface area (TPSA) is 108 Å². The van der Waals surface area contributed by atoms with E-state index in [0.29, 0.717) is 46.7 Å². The van der Waals surface area contributed by atoms with Crippen molar-refractivity contribution in [3.63, 3.8) is 0 Å². The first-order valence-electron chi connectivity index (χ1n) is 13.0. The van der Waals surface area contributed by atoms with Crippen LogP contribution in [0.5, 0.6) is 0 Å². The second-order valence-electron chi connectivity index (χ2n) is 9.63. The molecule has 0 unspecified atom stereocenters. The summed E-state index contributed by atoms with van der Waals surface area (Å²) in [5.74, 6) is -0.487. The maximum absolute atomic E-state index is 16.1. The molecule has 5 heterocycles. The standard InChI is InChI=1S/C31H22F2N8/c32-22-8-6-20(7-9-22)23-15-36-16-25-29(23)39-31(38-25)30-26-24(40-41-30)17-37-28(27(26)33)21-10-19(13-35-14-21)12-34-11-18-4-2-1-3-5-18/h1-10,13-17,34H,11-12H2,(H,38,39)(H,40,41). The van der Waals surface area contributed by atoms with Gasteiger partial charge in [0.25, 0.3) is 0 Å². The second-order valence-corrected chi connectivity index (χ2v) is 9.63. The van der Waals surface area contributed by atoms with Crippen LogP contribution < -0.4 is 5.32 Å². The van der Waals surface area contributed by atoms with Gasteiger partial charge in [-0.3, -0.25) is 20.1 Å². The van der Waals surface area contributed by atoms with Crippen LogP contribution in [0.2, 0.25) is 0 Å². The van der Waals surface area contributed by atoms with E-state index in [0.717, 1.165) is 16.7 Å². The van der Waals surface area contributed by atoms with Crippen LogP contribution in [0.25, 0.3) is 55.8 Å². The third kappa shape index (κ3) is 4.70. The number of nitrogens with one attached hydrogen (secondary N) is 3. The number of aromatic amines is 2. The summed E-state index contributed by atoms with van der Waals surface area (Å²) >= 11 is 0. The highest BCUT2D eigenvalue weighted by molar-refractivity contribution is 5.97. The van der Waals surface area contributed by atoms with E-state index >= 15 is 4.39 Å². The number of fused-ring (bicyclic) bond motifs is 2. The Morgan fingerprint density at radius 2 is 1.54 bits per heavy atom. The Hall–Kier alpha value is -5.35. The average molecular weight is 545 g/mol. The van der Waals surface area contributed by atoms with Gasteiger partial charge < -0.3 is 10.3 Å². The van der Waals surface area contributed by atoms with Gasteiger partial charge in [-0.25, -0.2) is 13.8 Å². The van der Waals surface area contributed by atoms with Crippen molar-refractivity contribution >= 4 is 21.9 Å². The van der Waals surface area contributed by atoms with Crippen molar-refractivity contribution in [3.05, 3.63) is 114 Å². The molecular weight excluding hydrogens is 522 g/mol. The Labute approximate surface area is 232 Å². The van der Waals surface area contributed by atoms with E-state index in [2.05, 4.69) is 47.6 Å². The number of aromatic nitrogens is 7. The molecule has 0 atom stereocenters. The van der Waals surface area contributed by atoms with Crippen molar-refractivity contribution in [2.45, 2.75) is 13.1 Å². The smallest absolute Gasteiger partial charge is 0.161 e. The third-order valence-electron chi connectivity index (χ3n) is 6.89. The van der Waals surface area contributed by atoms with Gasteiger partial charge in [-0.1, -0.05) is 42.5 Å². The number of pyridine rings is 3. The fourth-order valence-corrected chi connectivity index (χ4v) is 4.89. The zero-order valence-corrected chi connectivity index (χ0v) is 21.6. The Balaban J connectivity index is 1.23. The molecule has 0 saturated carbocycles. The lowest BCUT2D eigenvalue weighted by Crippen LogP contribution is -2.12. The molecule has 0 radical (unpaired) electrons. The normalized spacial score (nSPS) is 11.5. The molecule has 0 fully saturated rings. The van der Waals surface area contributed by atoms with Gasteiger partial charge in [-0.15, -0.1) is 0 Å². The number of benzene rings is 2. The molecule has 10 heteroatoms. The molecule has 7 aromatic rings. The van der Waals surface area contributed by atoms with Crippen LogP contribution in [-0.4, -0.2) is 35.1 Å². The summed E-state index contributed by atoms with van der Waals surface area (Å²) in [6.07, 6.45) is 8.21. The maximum Gasteiger partial charge on any atom is 0.161 e. The van der Waals surface area contributed by atoms with Gasteiger partial charge in [0, 0.05) is 42.8 Å².